The van der Waals surface area contributed by atoms with Gasteiger partial charge in [0.15, 0.2) is 11.5 Å². The van der Waals surface area contributed by atoms with Gasteiger partial charge in [0.25, 0.3) is 11.5 Å². The first kappa shape index (κ1) is 25.4. The maximum atomic E-state index is 13.3. The molecule has 0 radical (unpaired) electrons. The third kappa shape index (κ3) is 5.40. The highest BCUT2D eigenvalue weighted by molar-refractivity contribution is 6.03. The largest absolute Gasteiger partial charge is 0.491 e. The Hall–Kier alpha value is -3.74. The van der Waals surface area contributed by atoms with E-state index >= 15 is 0 Å². The van der Waals surface area contributed by atoms with Gasteiger partial charge in [-0.2, -0.15) is 0 Å². The van der Waals surface area contributed by atoms with Gasteiger partial charge in [0.05, 0.1) is 37.0 Å². The van der Waals surface area contributed by atoms with Gasteiger partial charge in [-0.1, -0.05) is 0 Å². The summed E-state index contributed by atoms with van der Waals surface area (Å²) in [6.45, 7) is 5.13. The Labute approximate surface area is 207 Å². The van der Waals surface area contributed by atoms with Crippen LogP contribution in [0.15, 0.2) is 35.4 Å². The Balaban J connectivity index is 1.65. The Morgan fingerprint density at radius 2 is 2.11 bits per heavy atom. The van der Waals surface area contributed by atoms with Crippen molar-refractivity contribution in [3.63, 3.8) is 0 Å². The maximum absolute atomic E-state index is 13.3. The van der Waals surface area contributed by atoms with E-state index in [1.807, 2.05) is 0 Å². The second-order valence-corrected chi connectivity index (χ2v) is 8.28. The van der Waals surface area contributed by atoms with E-state index in [-0.39, 0.29) is 47.2 Å². The van der Waals surface area contributed by atoms with E-state index < -0.39 is 17.6 Å². The van der Waals surface area contributed by atoms with Crippen molar-refractivity contribution in [1.82, 2.24) is 19.4 Å². The fourth-order valence-electron chi connectivity index (χ4n) is 4.04. The van der Waals surface area contributed by atoms with Crippen LogP contribution in [-0.4, -0.2) is 83.1 Å². The smallest absolute Gasteiger partial charge is 0.263 e. The second-order valence-electron chi connectivity index (χ2n) is 8.28. The number of nitrogens with two attached hydrogens (primary N) is 1. The van der Waals surface area contributed by atoms with E-state index in [9.17, 15) is 14.7 Å². The molecule has 1 aromatic carbocycles. The molecule has 1 fully saturated rings. The number of carbonyl (C=O) groups excluding carboxylic acids is 1. The van der Waals surface area contributed by atoms with Crippen molar-refractivity contribution < 1.29 is 24.1 Å². The van der Waals surface area contributed by atoms with Gasteiger partial charge in [-0.15, -0.1) is 0 Å². The lowest BCUT2D eigenvalue weighted by Gasteiger charge is -2.28. The molecule has 0 unspecified atom stereocenters. The number of carbonyl (C=O) groups is 1. The maximum Gasteiger partial charge on any atom is 0.263 e. The minimum Gasteiger partial charge on any atom is -0.491 e. The molecule has 0 bridgehead atoms. The Bertz CT molecular complexity index is 1280. The number of pyridine rings is 1. The molecule has 1 saturated heterocycles. The molecule has 0 spiro atoms. The minimum absolute atomic E-state index is 0.0416. The molecular formula is C24H30N6O6. The van der Waals surface area contributed by atoms with Crippen LogP contribution in [0.3, 0.4) is 0 Å². The number of nitrogen functional groups attached to an aromatic ring is 1. The predicted octanol–water partition coefficient (Wildman–Crippen LogP) is 0.726. The number of aromatic nitrogens is 3. The van der Waals surface area contributed by atoms with Gasteiger partial charge < -0.3 is 25.1 Å². The van der Waals surface area contributed by atoms with Gasteiger partial charge in [0.2, 0.25) is 5.95 Å². The number of methoxy groups -OCH3 is 1. The number of aliphatic hydroxyl groups is 1. The molecular weight excluding hydrogens is 468 g/mol. The summed E-state index contributed by atoms with van der Waals surface area (Å²) in [6, 6.07) is 4.71. The topological polar surface area (TPSA) is 154 Å². The summed E-state index contributed by atoms with van der Waals surface area (Å²) >= 11 is 0. The number of hydrogen-bond acceptors (Lipinski definition) is 10. The van der Waals surface area contributed by atoms with Crippen molar-refractivity contribution in [1.29, 1.82) is 0 Å². The highest BCUT2D eigenvalue weighted by Crippen LogP contribution is 2.39. The lowest BCUT2D eigenvalue weighted by atomic mass is 10.1. The standard InChI is InChI=1S/C24H30N6O6/c1-3-30-23(33)17-11-18(25)20(36-14-16(31)13-29-7-9-35-10-8-29)21(34-2)19(17)27-24(30)28-22(32)15-5-4-6-26-12-15/h4-6,11-12,16,31H,3,7-10,13-14,25H2,1-2H3,(H,27,28,32)/t16-/m1/s1. The molecule has 1 atom stereocenters. The average molecular weight is 499 g/mol. The molecule has 12 heteroatoms. The second kappa shape index (κ2) is 11.3. The quantitative estimate of drug-likeness (QED) is 0.360. The monoisotopic (exact) mass is 498 g/mol. The number of rotatable bonds is 9. The van der Waals surface area contributed by atoms with Crippen LogP contribution in [0.2, 0.25) is 0 Å². The van der Waals surface area contributed by atoms with Crippen molar-refractivity contribution in [3.8, 4) is 11.5 Å². The van der Waals surface area contributed by atoms with Crippen molar-refractivity contribution >= 4 is 28.4 Å². The van der Waals surface area contributed by atoms with Gasteiger partial charge in [0, 0.05) is 38.6 Å². The molecule has 4 N–H and O–H groups in total. The molecule has 0 aliphatic carbocycles. The Morgan fingerprint density at radius 1 is 1.33 bits per heavy atom. The normalized spacial score (nSPS) is 15.0. The molecule has 3 heterocycles. The molecule has 4 rings (SSSR count). The van der Waals surface area contributed by atoms with Crippen LogP contribution in [-0.2, 0) is 11.3 Å². The minimum atomic E-state index is -0.779. The van der Waals surface area contributed by atoms with Crippen molar-refractivity contribution in [2.45, 2.75) is 19.6 Å². The SMILES string of the molecule is CCn1c(NC(=O)c2cccnc2)nc2c(OC)c(OC[C@H](O)CN3CCOCC3)c(N)cc2c1=O. The van der Waals surface area contributed by atoms with E-state index in [0.29, 0.717) is 25.3 Å². The molecule has 36 heavy (non-hydrogen) atoms. The van der Waals surface area contributed by atoms with Gasteiger partial charge in [-0.25, -0.2) is 4.98 Å². The number of fused-ring (bicyclic) bond motifs is 1. The summed E-state index contributed by atoms with van der Waals surface area (Å²) in [5.41, 5.74) is 6.50. The summed E-state index contributed by atoms with van der Waals surface area (Å²) < 4.78 is 18.1. The third-order valence-electron chi connectivity index (χ3n) is 5.85. The number of nitrogens with zero attached hydrogens (tertiary/aromatic N) is 4. The summed E-state index contributed by atoms with van der Waals surface area (Å²) in [7, 11) is 1.41. The molecule has 1 aliphatic rings. The predicted molar refractivity (Wildman–Crippen MR) is 134 cm³/mol. The first-order chi connectivity index (χ1) is 17.4. The van der Waals surface area contributed by atoms with Gasteiger partial charge in [0.1, 0.15) is 18.2 Å². The van der Waals surface area contributed by atoms with Gasteiger partial charge in [-0.3, -0.25) is 29.4 Å². The highest BCUT2D eigenvalue weighted by Gasteiger charge is 2.23. The third-order valence-corrected chi connectivity index (χ3v) is 5.85. The van der Waals surface area contributed by atoms with E-state index in [0.717, 1.165) is 13.1 Å². The lowest BCUT2D eigenvalue weighted by Crippen LogP contribution is -2.42. The highest BCUT2D eigenvalue weighted by atomic mass is 16.5. The number of morpholine rings is 1. The fraction of sp³-hybridized carbons (Fsp3) is 0.417. The molecule has 2 aromatic heterocycles. The van der Waals surface area contributed by atoms with Crippen LogP contribution < -0.4 is 26.1 Å². The molecule has 3 aromatic rings. The summed E-state index contributed by atoms with van der Waals surface area (Å²) in [6.07, 6.45) is 2.19. The van der Waals surface area contributed by atoms with E-state index in [1.165, 1.54) is 23.9 Å². The molecule has 192 valence electrons. The first-order valence-electron chi connectivity index (χ1n) is 11.7. The zero-order valence-corrected chi connectivity index (χ0v) is 20.3. The number of hydrogen-bond donors (Lipinski definition) is 3. The fourth-order valence-corrected chi connectivity index (χ4v) is 4.04. The number of amides is 1. The van der Waals surface area contributed by atoms with E-state index in [4.69, 9.17) is 19.9 Å². The van der Waals surface area contributed by atoms with E-state index in [2.05, 4.69) is 20.2 Å². The van der Waals surface area contributed by atoms with Crippen molar-refractivity contribution in [3.05, 3.63) is 46.5 Å². The van der Waals surface area contributed by atoms with Crippen LogP contribution in [0.5, 0.6) is 11.5 Å². The van der Waals surface area contributed by atoms with Crippen LogP contribution in [0.4, 0.5) is 11.6 Å². The Morgan fingerprint density at radius 3 is 2.78 bits per heavy atom. The summed E-state index contributed by atoms with van der Waals surface area (Å²) in [5.74, 6) is -0.114. The number of ether oxygens (including phenoxy) is 3. The van der Waals surface area contributed by atoms with E-state index in [1.54, 1.807) is 25.3 Å². The number of benzene rings is 1. The van der Waals surface area contributed by atoms with Crippen molar-refractivity contribution in [2.24, 2.45) is 0 Å². The molecule has 1 aliphatic heterocycles. The van der Waals surface area contributed by atoms with Crippen LogP contribution in [0.1, 0.15) is 17.3 Å². The van der Waals surface area contributed by atoms with Crippen LogP contribution in [0.25, 0.3) is 10.9 Å². The first-order valence-corrected chi connectivity index (χ1v) is 11.7. The molecule has 0 saturated carbocycles. The Kier molecular flexibility index (Phi) is 7.98. The zero-order chi connectivity index (χ0) is 25.7. The number of aliphatic hydroxyl groups excluding tert-OH is 1. The molecule has 1 amide bonds. The number of nitrogens with one attached hydrogen (secondary N) is 1. The van der Waals surface area contributed by atoms with Gasteiger partial charge >= 0.3 is 0 Å². The number of β-amino-alcohol motifs (C(OH)–C–C–N with tert-alkyl or cyclic N) is 1. The zero-order valence-electron chi connectivity index (χ0n) is 20.3. The molecule has 12 nitrogen and oxygen atoms in total. The van der Waals surface area contributed by atoms with Crippen LogP contribution >= 0.6 is 0 Å². The summed E-state index contributed by atoms with van der Waals surface area (Å²) in [5, 5.41) is 13.4. The number of anilines is 2. The van der Waals surface area contributed by atoms with Crippen LogP contribution in [0, 0.1) is 0 Å². The summed E-state index contributed by atoms with van der Waals surface area (Å²) in [4.78, 5) is 36.6. The average Bonchev–Trinajstić information content (AvgIpc) is 2.89. The lowest BCUT2D eigenvalue weighted by molar-refractivity contribution is 0.00455. The van der Waals surface area contributed by atoms with Crippen molar-refractivity contribution in [2.75, 3.05) is 57.6 Å². The van der Waals surface area contributed by atoms with Gasteiger partial charge in [-0.05, 0) is 25.1 Å².